The van der Waals surface area contributed by atoms with Crippen molar-refractivity contribution in [3.05, 3.63) is 75.5 Å². The van der Waals surface area contributed by atoms with Gasteiger partial charge >= 0.3 is 6.97 Å². The van der Waals surface area contributed by atoms with E-state index < -0.39 is 6.97 Å². The van der Waals surface area contributed by atoms with E-state index in [4.69, 9.17) is 4.42 Å². The van der Waals surface area contributed by atoms with Crippen molar-refractivity contribution in [1.82, 2.24) is 4.48 Å². The van der Waals surface area contributed by atoms with E-state index in [1.54, 1.807) is 6.26 Å². The third-order valence-corrected chi connectivity index (χ3v) is 7.25. The summed E-state index contributed by atoms with van der Waals surface area (Å²) < 4.78 is 41.0. The second-order valence-corrected chi connectivity index (χ2v) is 8.63. The maximum atomic E-state index is 16.3. The van der Waals surface area contributed by atoms with E-state index in [0.29, 0.717) is 22.8 Å². The molecule has 0 saturated carbocycles. The van der Waals surface area contributed by atoms with Gasteiger partial charge in [-0.15, -0.1) is 0 Å². The molecule has 31 heavy (non-hydrogen) atoms. The number of halogens is 2. The van der Waals surface area contributed by atoms with Gasteiger partial charge < -0.3 is 22.0 Å². The molecule has 0 fully saturated rings. The predicted octanol–water partition coefficient (Wildman–Crippen LogP) is 6.62. The molecule has 2 aliphatic heterocycles. The van der Waals surface area contributed by atoms with Crippen LogP contribution in [-0.2, 0) is 6.42 Å². The molecule has 4 heterocycles. The summed E-state index contributed by atoms with van der Waals surface area (Å²) in [5.41, 5.74) is 8.90. The highest BCUT2D eigenvalue weighted by atomic mass is 19.2. The molecular weight excluding hydrogens is 393 g/mol. The van der Waals surface area contributed by atoms with Crippen molar-refractivity contribution >= 4 is 29.2 Å². The van der Waals surface area contributed by atoms with Crippen LogP contribution < -0.4 is 0 Å². The van der Waals surface area contributed by atoms with E-state index in [1.165, 1.54) is 8.96 Å². The molecule has 0 atom stereocenters. The lowest BCUT2D eigenvalue weighted by atomic mass is 9.83. The number of rotatable bonds is 3. The van der Waals surface area contributed by atoms with Crippen LogP contribution in [0.15, 0.2) is 51.8 Å². The van der Waals surface area contributed by atoms with Gasteiger partial charge in [0.05, 0.1) is 11.8 Å². The number of aromatic nitrogens is 1. The number of benzene rings is 1. The summed E-state index contributed by atoms with van der Waals surface area (Å²) in [5, 5.41) is 0.945. The van der Waals surface area contributed by atoms with Crippen LogP contribution in [0.5, 0.6) is 0 Å². The van der Waals surface area contributed by atoms with Crippen LogP contribution in [0.4, 0.5) is 8.63 Å². The quantitative estimate of drug-likeness (QED) is 0.436. The van der Waals surface area contributed by atoms with Crippen molar-refractivity contribution in [2.45, 2.75) is 54.4 Å². The Morgan fingerprint density at radius 3 is 2.42 bits per heavy atom. The number of hydrogen-bond acceptors (Lipinski definition) is 1. The van der Waals surface area contributed by atoms with Crippen molar-refractivity contribution in [3.63, 3.8) is 0 Å². The first-order valence-electron chi connectivity index (χ1n) is 11.0. The molecule has 160 valence electrons. The summed E-state index contributed by atoms with van der Waals surface area (Å²) in [7, 11) is 0. The molecule has 0 saturated heterocycles. The van der Waals surface area contributed by atoms with Crippen LogP contribution in [0.3, 0.4) is 0 Å². The first kappa shape index (κ1) is 20.0. The van der Waals surface area contributed by atoms with Gasteiger partial charge in [0.2, 0.25) is 0 Å². The SMILES string of the molecule is CCC1=C(C)C2=C(c3coc4ccccc34)c3c(C)c(CC)c(C)n3[B-](F)(F)[N+]2=C1C. The maximum absolute atomic E-state index is 16.3. The summed E-state index contributed by atoms with van der Waals surface area (Å²) in [6.07, 6.45) is 3.17. The normalized spacial score (nSPS) is 17.8. The third-order valence-electron chi connectivity index (χ3n) is 7.25. The molecule has 3 nitrogen and oxygen atoms in total. The van der Waals surface area contributed by atoms with Gasteiger partial charge in [0, 0.05) is 34.7 Å². The van der Waals surface area contributed by atoms with Gasteiger partial charge in [-0.05, 0) is 56.5 Å². The van der Waals surface area contributed by atoms with Crippen LogP contribution in [-0.4, -0.2) is 21.6 Å². The van der Waals surface area contributed by atoms with Crippen LogP contribution in [0.25, 0.3) is 16.5 Å². The number of para-hydroxylation sites is 1. The second kappa shape index (κ2) is 6.55. The molecule has 2 aliphatic rings. The summed E-state index contributed by atoms with van der Waals surface area (Å²) in [4.78, 5) is 0. The molecule has 2 aromatic heterocycles. The largest absolute Gasteiger partial charge is 0.737 e. The van der Waals surface area contributed by atoms with Gasteiger partial charge in [0.1, 0.15) is 11.3 Å². The number of hydrogen-bond donors (Lipinski definition) is 0. The van der Waals surface area contributed by atoms with E-state index in [9.17, 15) is 0 Å². The molecule has 1 aromatic carbocycles. The average molecular weight is 420 g/mol. The zero-order chi connectivity index (χ0) is 22.2. The minimum Gasteiger partial charge on any atom is -0.464 e. The molecule has 0 amide bonds. The zero-order valence-electron chi connectivity index (χ0n) is 18.9. The highest BCUT2D eigenvalue weighted by Gasteiger charge is 2.56. The highest BCUT2D eigenvalue weighted by Crippen LogP contribution is 2.48. The van der Waals surface area contributed by atoms with E-state index in [2.05, 4.69) is 0 Å². The lowest BCUT2D eigenvalue weighted by molar-refractivity contribution is -0.363. The highest BCUT2D eigenvalue weighted by molar-refractivity contribution is 6.58. The molecule has 0 unspecified atom stereocenters. The zero-order valence-corrected chi connectivity index (χ0v) is 18.9. The number of furan rings is 1. The summed E-state index contributed by atoms with van der Waals surface area (Å²) in [5.74, 6) is 0. The fourth-order valence-electron chi connectivity index (χ4n) is 5.90. The molecule has 0 N–H and O–H groups in total. The molecule has 0 spiro atoms. The third kappa shape index (κ3) is 2.36. The molecule has 0 bridgehead atoms. The Labute approximate surface area is 181 Å². The minimum atomic E-state index is -4.01. The Balaban J connectivity index is 2.02. The fourth-order valence-corrected chi connectivity index (χ4v) is 5.90. The van der Waals surface area contributed by atoms with Crippen molar-refractivity contribution in [2.75, 3.05) is 0 Å². The maximum Gasteiger partial charge on any atom is 0.737 e. The van der Waals surface area contributed by atoms with E-state index in [0.717, 1.165) is 57.2 Å². The van der Waals surface area contributed by atoms with Gasteiger partial charge in [-0.3, -0.25) is 0 Å². The lowest BCUT2D eigenvalue weighted by Crippen LogP contribution is -2.51. The van der Waals surface area contributed by atoms with Crippen LogP contribution in [0.1, 0.15) is 62.2 Å². The Morgan fingerprint density at radius 1 is 1.03 bits per heavy atom. The smallest absolute Gasteiger partial charge is 0.464 e. The summed E-state index contributed by atoms with van der Waals surface area (Å²) >= 11 is 0. The molecule has 0 radical (unpaired) electrons. The molecule has 3 aromatic rings. The van der Waals surface area contributed by atoms with Gasteiger partial charge in [-0.25, -0.2) is 0 Å². The van der Waals surface area contributed by atoms with Crippen molar-refractivity contribution in [3.8, 4) is 0 Å². The first-order chi connectivity index (χ1) is 14.8. The average Bonchev–Trinajstić information content (AvgIpc) is 3.35. The number of allylic oxidation sites excluding steroid dienone is 2. The van der Waals surface area contributed by atoms with E-state index >= 15 is 8.63 Å². The Bertz CT molecular complexity index is 1370. The van der Waals surface area contributed by atoms with Crippen molar-refractivity contribution in [2.24, 2.45) is 0 Å². The molecule has 0 aliphatic carbocycles. The van der Waals surface area contributed by atoms with Gasteiger partial charge in [-0.1, -0.05) is 32.0 Å². The lowest BCUT2D eigenvalue weighted by Gasteiger charge is -2.33. The number of nitrogens with zero attached hydrogens (tertiary/aromatic N) is 2. The first-order valence-corrected chi connectivity index (χ1v) is 11.0. The monoisotopic (exact) mass is 420 g/mol. The fraction of sp³-hybridized carbons (Fsp3) is 0.320. The summed E-state index contributed by atoms with van der Waals surface area (Å²) in [6, 6.07) is 7.82. The van der Waals surface area contributed by atoms with Gasteiger partial charge in [0.25, 0.3) is 0 Å². The molecule has 5 rings (SSSR count). The van der Waals surface area contributed by atoms with E-state index in [-0.39, 0.29) is 0 Å². The standard InChI is InChI=1S/C25H27BF2N2O/c1-7-18-14(3)24-23(21-13-31-22-12-10-9-11-20(21)22)25-15(4)19(8-2)17(6)30(25)26(27,28)29(24)16(18)5/h9-13H,7-8H2,1-6H3. The number of fused-ring (bicyclic) bond motifs is 3. The van der Waals surface area contributed by atoms with Crippen molar-refractivity contribution in [1.29, 1.82) is 0 Å². The Kier molecular flexibility index (Phi) is 4.24. The van der Waals surface area contributed by atoms with E-state index in [1.807, 2.05) is 65.8 Å². The summed E-state index contributed by atoms with van der Waals surface area (Å²) in [6.45, 7) is 7.67. The van der Waals surface area contributed by atoms with Crippen molar-refractivity contribution < 1.29 is 17.5 Å². The van der Waals surface area contributed by atoms with Crippen LogP contribution in [0.2, 0.25) is 0 Å². The molecule has 6 heteroatoms. The van der Waals surface area contributed by atoms with Crippen LogP contribution >= 0.6 is 0 Å². The van der Waals surface area contributed by atoms with Gasteiger partial charge in [-0.2, -0.15) is 0 Å². The Hall–Kier alpha value is -2.89. The molecular formula is C25H27BF2N2O. The minimum absolute atomic E-state index is 0.627. The predicted molar refractivity (Wildman–Crippen MR) is 123 cm³/mol. The topological polar surface area (TPSA) is 21.1 Å². The van der Waals surface area contributed by atoms with Gasteiger partial charge in [0.15, 0.2) is 5.70 Å². The van der Waals surface area contributed by atoms with Crippen LogP contribution in [0, 0.1) is 13.8 Å². The Morgan fingerprint density at radius 2 is 1.74 bits per heavy atom. The second-order valence-electron chi connectivity index (χ2n) is 8.63.